The minimum absolute atomic E-state index is 0.133. The summed E-state index contributed by atoms with van der Waals surface area (Å²) < 4.78 is 0. The van der Waals surface area contributed by atoms with E-state index in [0.717, 1.165) is 37.9 Å². The second-order valence-electron chi connectivity index (χ2n) is 5.59. The summed E-state index contributed by atoms with van der Waals surface area (Å²) in [5, 5.41) is 2.59. The monoisotopic (exact) mass is 274 g/mol. The molecule has 2 fully saturated rings. The van der Waals surface area contributed by atoms with E-state index in [1.54, 1.807) is 13.1 Å². The molecule has 2 heterocycles. The number of nitrogens with zero attached hydrogens (tertiary/aromatic N) is 3. The molecule has 1 aliphatic heterocycles. The van der Waals surface area contributed by atoms with E-state index < -0.39 is 0 Å². The fraction of sp³-hybridized carbons (Fsp3) is 0.600. The van der Waals surface area contributed by atoms with Gasteiger partial charge in [-0.2, -0.15) is 0 Å². The van der Waals surface area contributed by atoms with Crippen LogP contribution in [0.25, 0.3) is 0 Å². The van der Waals surface area contributed by atoms with Gasteiger partial charge in [-0.25, -0.2) is 4.98 Å². The highest BCUT2D eigenvalue weighted by Crippen LogP contribution is 2.26. The average molecular weight is 274 g/mol. The summed E-state index contributed by atoms with van der Waals surface area (Å²) in [7, 11) is 1.62. The Morgan fingerprint density at radius 2 is 2.00 bits per heavy atom. The first-order valence-corrected chi connectivity index (χ1v) is 7.45. The van der Waals surface area contributed by atoms with Gasteiger partial charge < -0.3 is 10.2 Å². The summed E-state index contributed by atoms with van der Waals surface area (Å²) in [4.78, 5) is 20.7. The van der Waals surface area contributed by atoms with Crippen molar-refractivity contribution in [2.75, 3.05) is 38.1 Å². The van der Waals surface area contributed by atoms with Crippen LogP contribution in [0.3, 0.4) is 0 Å². The van der Waals surface area contributed by atoms with Gasteiger partial charge in [0.05, 0.1) is 11.9 Å². The summed E-state index contributed by atoms with van der Waals surface area (Å²) in [5.41, 5.74) is 1.59. The summed E-state index contributed by atoms with van der Waals surface area (Å²) in [6.45, 7) is 4.39. The molecular formula is C15H22N4O. The molecule has 1 saturated carbocycles. The minimum atomic E-state index is -0.133. The number of pyridine rings is 1. The smallest absolute Gasteiger partial charge is 0.269 e. The highest BCUT2D eigenvalue weighted by atomic mass is 16.1. The quantitative estimate of drug-likeness (QED) is 0.897. The molecule has 0 bridgehead atoms. The number of carbonyl (C=O) groups is 1. The minimum Gasteiger partial charge on any atom is -0.368 e. The van der Waals surface area contributed by atoms with Crippen molar-refractivity contribution < 1.29 is 4.79 Å². The van der Waals surface area contributed by atoms with E-state index in [1.165, 1.54) is 19.3 Å². The first-order valence-electron chi connectivity index (χ1n) is 7.45. The lowest BCUT2D eigenvalue weighted by Gasteiger charge is -2.43. The first kappa shape index (κ1) is 13.4. The van der Waals surface area contributed by atoms with Crippen molar-refractivity contribution in [3.8, 4) is 0 Å². The Balaban J connectivity index is 1.58. The van der Waals surface area contributed by atoms with Crippen molar-refractivity contribution >= 4 is 11.6 Å². The number of aromatic nitrogens is 1. The molecule has 0 spiro atoms. The lowest BCUT2D eigenvalue weighted by atomic mass is 9.91. The lowest BCUT2D eigenvalue weighted by molar-refractivity contribution is 0.0958. The van der Waals surface area contributed by atoms with Crippen LogP contribution in [-0.2, 0) is 0 Å². The SMILES string of the molecule is CNC(=O)c1ccc(N2CCN(C3CCC3)CC2)cn1. The molecule has 20 heavy (non-hydrogen) atoms. The Hall–Kier alpha value is -1.62. The van der Waals surface area contributed by atoms with Crippen molar-refractivity contribution in [1.29, 1.82) is 0 Å². The Morgan fingerprint density at radius 3 is 2.50 bits per heavy atom. The Labute approximate surface area is 120 Å². The van der Waals surface area contributed by atoms with Gasteiger partial charge in [0, 0.05) is 39.3 Å². The molecule has 3 rings (SSSR count). The van der Waals surface area contributed by atoms with Crippen LogP contribution in [-0.4, -0.2) is 55.1 Å². The normalized spacial score (nSPS) is 20.6. The largest absolute Gasteiger partial charge is 0.368 e. The lowest BCUT2D eigenvalue weighted by Crippen LogP contribution is -2.52. The summed E-state index contributed by atoms with van der Waals surface area (Å²) in [5.74, 6) is -0.133. The zero-order chi connectivity index (χ0) is 13.9. The van der Waals surface area contributed by atoms with E-state index in [9.17, 15) is 4.79 Å². The number of rotatable bonds is 3. The molecule has 1 aromatic rings. The number of nitrogens with one attached hydrogen (secondary N) is 1. The molecule has 1 aromatic heterocycles. The third-order valence-corrected chi connectivity index (χ3v) is 4.48. The molecule has 5 heteroatoms. The molecule has 0 unspecified atom stereocenters. The van der Waals surface area contributed by atoms with Crippen LogP contribution in [0.1, 0.15) is 29.8 Å². The predicted octanol–water partition coefficient (Wildman–Crippen LogP) is 1.12. The maximum Gasteiger partial charge on any atom is 0.269 e. The highest BCUT2D eigenvalue weighted by Gasteiger charge is 2.27. The third-order valence-electron chi connectivity index (χ3n) is 4.48. The van der Waals surface area contributed by atoms with Crippen LogP contribution in [0.2, 0.25) is 0 Å². The number of piperazine rings is 1. The molecule has 2 aliphatic rings. The van der Waals surface area contributed by atoms with E-state index in [-0.39, 0.29) is 5.91 Å². The molecule has 0 radical (unpaired) electrons. The molecule has 1 saturated heterocycles. The van der Waals surface area contributed by atoms with Crippen LogP contribution >= 0.6 is 0 Å². The maximum absolute atomic E-state index is 11.5. The van der Waals surface area contributed by atoms with E-state index in [2.05, 4.69) is 20.1 Å². The van der Waals surface area contributed by atoms with Crippen LogP contribution in [0, 0.1) is 0 Å². The topological polar surface area (TPSA) is 48.5 Å². The van der Waals surface area contributed by atoms with Crippen LogP contribution in [0.4, 0.5) is 5.69 Å². The van der Waals surface area contributed by atoms with E-state index in [4.69, 9.17) is 0 Å². The van der Waals surface area contributed by atoms with E-state index in [1.807, 2.05) is 12.3 Å². The number of anilines is 1. The molecule has 1 amide bonds. The van der Waals surface area contributed by atoms with Gasteiger partial charge in [0.1, 0.15) is 5.69 Å². The zero-order valence-electron chi connectivity index (χ0n) is 12.0. The van der Waals surface area contributed by atoms with Gasteiger partial charge in [-0.1, -0.05) is 6.42 Å². The second kappa shape index (κ2) is 5.79. The summed E-state index contributed by atoms with van der Waals surface area (Å²) >= 11 is 0. The maximum atomic E-state index is 11.5. The van der Waals surface area contributed by atoms with E-state index >= 15 is 0 Å². The Morgan fingerprint density at radius 1 is 1.25 bits per heavy atom. The highest BCUT2D eigenvalue weighted by molar-refractivity contribution is 5.92. The Bertz CT molecular complexity index is 461. The van der Waals surface area contributed by atoms with Crippen LogP contribution in [0.15, 0.2) is 18.3 Å². The molecule has 5 nitrogen and oxygen atoms in total. The fourth-order valence-corrected chi connectivity index (χ4v) is 2.93. The van der Waals surface area contributed by atoms with Crippen molar-refractivity contribution in [2.24, 2.45) is 0 Å². The summed E-state index contributed by atoms with van der Waals surface area (Å²) in [6, 6.07) is 4.63. The molecule has 0 aromatic carbocycles. The number of hydrogen-bond acceptors (Lipinski definition) is 4. The average Bonchev–Trinajstić information content (AvgIpc) is 2.46. The molecule has 0 atom stereocenters. The predicted molar refractivity (Wildman–Crippen MR) is 79.1 cm³/mol. The standard InChI is InChI=1S/C15H22N4O/c1-16-15(20)14-6-5-13(11-17-14)19-9-7-18(8-10-19)12-3-2-4-12/h5-6,11-12H,2-4,7-10H2,1H3,(H,16,20). The zero-order valence-corrected chi connectivity index (χ0v) is 12.0. The molecule has 1 N–H and O–H groups in total. The first-order chi connectivity index (χ1) is 9.78. The van der Waals surface area contributed by atoms with Crippen molar-refractivity contribution in [1.82, 2.24) is 15.2 Å². The van der Waals surface area contributed by atoms with Gasteiger partial charge in [0.15, 0.2) is 0 Å². The van der Waals surface area contributed by atoms with Gasteiger partial charge in [-0.05, 0) is 25.0 Å². The van der Waals surface area contributed by atoms with Crippen LogP contribution < -0.4 is 10.2 Å². The summed E-state index contributed by atoms with van der Waals surface area (Å²) in [6.07, 6.45) is 5.96. The van der Waals surface area contributed by atoms with E-state index in [0.29, 0.717) is 5.69 Å². The van der Waals surface area contributed by atoms with Gasteiger partial charge in [-0.3, -0.25) is 9.69 Å². The fourth-order valence-electron chi connectivity index (χ4n) is 2.93. The molecule has 108 valence electrons. The molecular weight excluding hydrogens is 252 g/mol. The third kappa shape index (κ3) is 2.63. The van der Waals surface area contributed by atoms with Crippen molar-refractivity contribution in [3.05, 3.63) is 24.0 Å². The van der Waals surface area contributed by atoms with Gasteiger partial charge in [-0.15, -0.1) is 0 Å². The number of hydrogen-bond donors (Lipinski definition) is 1. The Kier molecular flexibility index (Phi) is 3.87. The van der Waals surface area contributed by atoms with Gasteiger partial charge >= 0.3 is 0 Å². The van der Waals surface area contributed by atoms with Crippen molar-refractivity contribution in [3.63, 3.8) is 0 Å². The van der Waals surface area contributed by atoms with Gasteiger partial charge in [0.2, 0.25) is 0 Å². The van der Waals surface area contributed by atoms with Crippen LogP contribution in [0.5, 0.6) is 0 Å². The molecule has 1 aliphatic carbocycles. The van der Waals surface area contributed by atoms with Gasteiger partial charge in [0.25, 0.3) is 5.91 Å². The second-order valence-corrected chi connectivity index (χ2v) is 5.59. The number of carbonyl (C=O) groups excluding carboxylic acids is 1. The number of amides is 1. The van der Waals surface area contributed by atoms with Crippen molar-refractivity contribution in [2.45, 2.75) is 25.3 Å².